The van der Waals surface area contributed by atoms with Gasteiger partial charge in [0.2, 0.25) is 0 Å². The number of benzene rings is 2. The number of aromatic nitrogens is 2. The molecule has 1 saturated heterocycles. The molecule has 2 aromatic heterocycles. The Labute approximate surface area is 176 Å². The van der Waals surface area contributed by atoms with Crippen LogP contribution in [0.2, 0.25) is 0 Å². The number of para-hydroxylation sites is 1. The highest BCUT2D eigenvalue weighted by molar-refractivity contribution is 6.12. The minimum absolute atomic E-state index is 0.0182. The minimum atomic E-state index is -0.0182. The third-order valence-electron chi connectivity index (χ3n) is 6.25. The van der Waals surface area contributed by atoms with Crippen molar-refractivity contribution in [3.8, 4) is 11.1 Å². The maximum atomic E-state index is 13.4. The van der Waals surface area contributed by atoms with E-state index in [2.05, 4.69) is 64.8 Å². The van der Waals surface area contributed by atoms with Crippen LogP contribution >= 0.6 is 0 Å². The molecule has 4 aromatic rings. The molecule has 3 heterocycles. The van der Waals surface area contributed by atoms with E-state index < -0.39 is 0 Å². The number of pyridine rings is 1. The summed E-state index contributed by atoms with van der Waals surface area (Å²) < 4.78 is 0. The van der Waals surface area contributed by atoms with Gasteiger partial charge < -0.3 is 14.9 Å². The van der Waals surface area contributed by atoms with Gasteiger partial charge in [0.25, 0.3) is 5.56 Å². The zero-order valence-corrected chi connectivity index (χ0v) is 17.8. The topological polar surface area (TPSA) is 55.1 Å². The molecule has 5 rings (SSSR count). The smallest absolute Gasteiger partial charge is 0.272 e. The lowest BCUT2D eigenvalue weighted by atomic mass is 10.0. The highest BCUT2D eigenvalue weighted by atomic mass is 16.1. The van der Waals surface area contributed by atoms with E-state index in [-0.39, 0.29) is 11.1 Å². The van der Waals surface area contributed by atoms with Crippen LogP contribution in [0, 0.1) is 0 Å². The number of nitrogens with one attached hydrogen (secondary N) is 2. The molecule has 1 fully saturated rings. The Morgan fingerprint density at radius 2 is 1.47 bits per heavy atom. The number of fused-ring (bicyclic) bond motifs is 3. The first-order valence-electron chi connectivity index (χ1n) is 10.7. The molecule has 0 aliphatic carbocycles. The first-order chi connectivity index (χ1) is 14.4. The molecule has 30 heavy (non-hydrogen) atoms. The van der Waals surface area contributed by atoms with Crippen molar-refractivity contribution in [1.29, 1.82) is 0 Å². The molecule has 0 radical (unpaired) electrons. The number of anilines is 1. The third kappa shape index (κ3) is 3.10. The lowest BCUT2D eigenvalue weighted by Gasteiger charge is -2.43. The van der Waals surface area contributed by atoms with Crippen LogP contribution in [0.1, 0.15) is 20.8 Å². The predicted octanol–water partition coefficient (Wildman–Crippen LogP) is 4.60. The number of rotatable bonds is 2. The van der Waals surface area contributed by atoms with Crippen LogP contribution in [0.4, 0.5) is 5.69 Å². The van der Waals surface area contributed by atoms with Crippen molar-refractivity contribution in [1.82, 2.24) is 14.9 Å². The van der Waals surface area contributed by atoms with E-state index in [0.717, 1.165) is 64.9 Å². The third-order valence-corrected chi connectivity index (χ3v) is 6.25. The van der Waals surface area contributed by atoms with E-state index in [0.29, 0.717) is 0 Å². The van der Waals surface area contributed by atoms with Crippen molar-refractivity contribution in [2.75, 3.05) is 31.1 Å². The molecule has 0 unspecified atom stereocenters. The fourth-order valence-electron chi connectivity index (χ4n) is 4.65. The van der Waals surface area contributed by atoms with Crippen molar-refractivity contribution in [3.63, 3.8) is 0 Å². The number of aromatic amines is 2. The van der Waals surface area contributed by atoms with Crippen LogP contribution < -0.4 is 10.5 Å². The molecule has 5 nitrogen and oxygen atoms in total. The van der Waals surface area contributed by atoms with Gasteiger partial charge in [-0.15, -0.1) is 0 Å². The Kier molecular flexibility index (Phi) is 4.44. The molecule has 0 atom stereocenters. The van der Waals surface area contributed by atoms with Gasteiger partial charge in [0.15, 0.2) is 0 Å². The van der Waals surface area contributed by atoms with E-state index in [9.17, 15) is 4.79 Å². The quantitative estimate of drug-likeness (QED) is 0.517. The van der Waals surface area contributed by atoms with Gasteiger partial charge in [0.05, 0.1) is 11.0 Å². The second kappa shape index (κ2) is 7.03. The normalized spacial score (nSPS) is 15.9. The Bertz CT molecular complexity index is 1260. The average Bonchev–Trinajstić information content (AvgIpc) is 3.11. The van der Waals surface area contributed by atoms with Crippen LogP contribution in [-0.4, -0.2) is 46.6 Å². The van der Waals surface area contributed by atoms with Gasteiger partial charge in [-0.3, -0.25) is 9.69 Å². The fraction of sp³-hybridized carbons (Fsp3) is 0.320. The molecular weight excluding hydrogens is 372 g/mol. The molecule has 1 aliphatic heterocycles. The molecule has 2 N–H and O–H groups in total. The fourth-order valence-corrected chi connectivity index (χ4v) is 4.65. The molecule has 0 spiro atoms. The van der Waals surface area contributed by atoms with Gasteiger partial charge in [-0.05, 0) is 32.4 Å². The zero-order chi connectivity index (χ0) is 20.9. The van der Waals surface area contributed by atoms with Gasteiger partial charge in [-0.1, -0.05) is 48.5 Å². The second-order valence-electron chi connectivity index (χ2n) is 9.11. The van der Waals surface area contributed by atoms with Crippen LogP contribution in [0.25, 0.3) is 33.1 Å². The summed E-state index contributed by atoms with van der Waals surface area (Å²) in [7, 11) is 0. The standard InChI is InChI=1S/C25H28N4O/c1-25(2,3)29-15-13-28(14-16-29)23-20(17-9-5-4-6-10-17)22-21(27-24(23)30)18-11-7-8-12-19(18)26-22/h4-12,26H,13-16H2,1-3H3,(H,27,30). The monoisotopic (exact) mass is 400 g/mol. The van der Waals surface area contributed by atoms with Gasteiger partial charge in [0.1, 0.15) is 5.69 Å². The van der Waals surface area contributed by atoms with E-state index in [1.807, 2.05) is 30.3 Å². The molecular formula is C25H28N4O. The van der Waals surface area contributed by atoms with Gasteiger partial charge in [0, 0.05) is 48.2 Å². The van der Waals surface area contributed by atoms with Gasteiger partial charge >= 0.3 is 0 Å². The maximum Gasteiger partial charge on any atom is 0.272 e. The van der Waals surface area contributed by atoms with Crippen LogP contribution in [-0.2, 0) is 0 Å². The van der Waals surface area contributed by atoms with Crippen molar-refractivity contribution >= 4 is 27.6 Å². The molecule has 1 aliphatic rings. The summed E-state index contributed by atoms with van der Waals surface area (Å²) in [6, 6.07) is 18.4. The second-order valence-corrected chi connectivity index (χ2v) is 9.11. The number of piperazine rings is 1. The lowest BCUT2D eigenvalue weighted by Crippen LogP contribution is -2.54. The summed E-state index contributed by atoms with van der Waals surface area (Å²) in [4.78, 5) is 24.9. The zero-order valence-electron chi connectivity index (χ0n) is 17.8. The van der Waals surface area contributed by atoms with Crippen LogP contribution in [0.15, 0.2) is 59.4 Å². The van der Waals surface area contributed by atoms with Crippen molar-refractivity contribution < 1.29 is 0 Å². The summed E-state index contributed by atoms with van der Waals surface area (Å²) in [5.41, 5.74) is 5.87. The molecule has 2 aromatic carbocycles. The molecule has 0 amide bonds. The Balaban J connectivity index is 1.71. The number of hydrogen-bond donors (Lipinski definition) is 2. The van der Waals surface area contributed by atoms with E-state index >= 15 is 0 Å². The molecule has 154 valence electrons. The highest BCUT2D eigenvalue weighted by Crippen LogP contribution is 2.37. The minimum Gasteiger partial charge on any atom is -0.364 e. The summed E-state index contributed by atoms with van der Waals surface area (Å²) in [5.74, 6) is 0. The first-order valence-corrected chi connectivity index (χ1v) is 10.7. The summed E-state index contributed by atoms with van der Waals surface area (Å²) in [6.07, 6.45) is 0. The summed E-state index contributed by atoms with van der Waals surface area (Å²) in [6.45, 7) is 10.3. The van der Waals surface area contributed by atoms with Crippen LogP contribution in [0.3, 0.4) is 0 Å². The Hall–Kier alpha value is -3.05. The predicted molar refractivity (Wildman–Crippen MR) is 125 cm³/mol. The van der Waals surface area contributed by atoms with Gasteiger partial charge in [-0.25, -0.2) is 0 Å². The summed E-state index contributed by atoms with van der Waals surface area (Å²) in [5, 5.41) is 1.05. The van der Waals surface area contributed by atoms with Crippen LogP contribution in [0.5, 0.6) is 0 Å². The van der Waals surface area contributed by atoms with E-state index in [1.165, 1.54) is 0 Å². The van der Waals surface area contributed by atoms with Gasteiger partial charge in [-0.2, -0.15) is 0 Å². The molecule has 0 bridgehead atoms. The number of nitrogens with zero attached hydrogens (tertiary/aromatic N) is 2. The maximum absolute atomic E-state index is 13.4. The van der Waals surface area contributed by atoms with E-state index in [1.54, 1.807) is 0 Å². The summed E-state index contributed by atoms with van der Waals surface area (Å²) >= 11 is 0. The lowest BCUT2D eigenvalue weighted by molar-refractivity contribution is 0.128. The highest BCUT2D eigenvalue weighted by Gasteiger charge is 2.29. The average molecular weight is 401 g/mol. The van der Waals surface area contributed by atoms with Crippen molar-refractivity contribution in [3.05, 3.63) is 65.0 Å². The molecule has 5 heteroatoms. The largest absolute Gasteiger partial charge is 0.364 e. The van der Waals surface area contributed by atoms with E-state index in [4.69, 9.17) is 0 Å². The number of hydrogen-bond acceptors (Lipinski definition) is 3. The SMILES string of the molecule is CC(C)(C)N1CCN(c2c(-c3ccccc3)c3[nH]c4ccccc4c3[nH]c2=O)CC1. The Morgan fingerprint density at radius 3 is 2.17 bits per heavy atom. The first kappa shape index (κ1) is 18.9. The van der Waals surface area contributed by atoms with Crippen molar-refractivity contribution in [2.24, 2.45) is 0 Å². The Morgan fingerprint density at radius 1 is 0.800 bits per heavy atom. The molecule has 0 saturated carbocycles. The number of H-pyrrole nitrogens is 2. The van der Waals surface area contributed by atoms with Crippen molar-refractivity contribution in [2.45, 2.75) is 26.3 Å².